The summed E-state index contributed by atoms with van der Waals surface area (Å²) in [6.07, 6.45) is 57.9. The molecule has 6 heteroatoms. The van der Waals surface area contributed by atoms with Gasteiger partial charge in [-0.05, 0) is 83.5 Å². The van der Waals surface area contributed by atoms with Crippen molar-refractivity contribution in [3.63, 3.8) is 0 Å². The van der Waals surface area contributed by atoms with Crippen molar-refractivity contribution in [1.82, 2.24) is 0 Å². The molecule has 0 fully saturated rings. The van der Waals surface area contributed by atoms with Gasteiger partial charge in [0.05, 0.1) is 0 Å². The molecule has 0 saturated heterocycles. The summed E-state index contributed by atoms with van der Waals surface area (Å²) in [5.41, 5.74) is 0. The van der Waals surface area contributed by atoms with Gasteiger partial charge >= 0.3 is 17.9 Å². The second-order valence-corrected chi connectivity index (χ2v) is 16.3. The Morgan fingerprint density at radius 2 is 0.661 bits per heavy atom. The van der Waals surface area contributed by atoms with E-state index >= 15 is 0 Å². The molecule has 0 aliphatic rings. The first-order chi connectivity index (χ1) is 29.0. The average Bonchev–Trinajstić information content (AvgIpc) is 3.23. The van der Waals surface area contributed by atoms with Gasteiger partial charge in [-0.15, -0.1) is 0 Å². The number of esters is 3. The topological polar surface area (TPSA) is 78.9 Å². The van der Waals surface area contributed by atoms with Crippen LogP contribution < -0.4 is 0 Å². The maximum Gasteiger partial charge on any atom is 0.306 e. The van der Waals surface area contributed by atoms with Crippen molar-refractivity contribution in [3.05, 3.63) is 60.8 Å². The highest BCUT2D eigenvalue weighted by Crippen LogP contribution is 2.14. The smallest absolute Gasteiger partial charge is 0.306 e. The van der Waals surface area contributed by atoms with E-state index in [-0.39, 0.29) is 31.1 Å². The molecule has 0 spiro atoms. The van der Waals surface area contributed by atoms with Gasteiger partial charge in [-0.1, -0.05) is 197 Å². The number of rotatable bonds is 44. The quantitative estimate of drug-likeness (QED) is 0.0263. The van der Waals surface area contributed by atoms with Gasteiger partial charge < -0.3 is 14.2 Å². The Labute approximate surface area is 364 Å². The van der Waals surface area contributed by atoms with Crippen molar-refractivity contribution in [1.29, 1.82) is 0 Å². The zero-order chi connectivity index (χ0) is 43.0. The predicted octanol–water partition coefficient (Wildman–Crippen LogP) is 16.1. The fourth-order valence-corrected chi connectivity index (χ4v) is 6.78. The van der Waals surface area contributed by atoms with Crippen LogP contribution in [-0.2, 0) is 28.6 Å². The summed E-state index contributed by atoms with van der Waals surface area (Å²) >= 11 is 0. The number of carbonyl (C=O) groups is 3. The van der Waals surface area contributed by atoms with Crippen LogP contribution in [0.15, 0.2) is 60.8 Å². The molecule has 0 aliphatic carbocycles. The molecular weight excluding hydrogens is 733 g/mol. The Morgan fingerprint density at radius 1 is 0.356 bits per heavy atom. The molecule has 0 aliphatic heterocycles. The van der Waals surface area contributed by atoms with Gasteiger partial charge in [0.25, 0.3) is 0 Å². The van der Waals surface area contributed by atoms with Crippen molar-refractivity contribution >= 4 is 17.9 Å². The number of unbranched alkanes of at least 4 members (excludes halogenated alkanes) is 23. The molecule has 1 unspecified atom stereocenters. The first-order valence-electron chi connectivity index (χ1n) is 24.8. The van der Waals surface area contributed by atoms with Crippen molar-refractivity contribution in [2.45, 2.75) is 245 Å². The number of allylic oxidation sites excluding steroid dienone is 10. The molecular formula is C53H92O6. The molecule has 0 amide bonds. The lowest BCUT2D eigenvalue weighted by molar-refractivity contribution is -0.167. The summed E-state index contributed by atoms with van der Waals surface area (Å²) < 4.78 is 16.7. The third-order valence-electron chi connectivity index (χ3n) is 10.5. The van der Waals surface area contributed by atoms with Gasteiger partial charge in [0.2, 0.25) is 0 Å². The summed E-state index contributed by atoms with van der Waals surface area (Å²) in [5, 5.41) is 0. The molecule has 0 N–H and O–H groups in total. The molecule has 59 heavy (non-hydrogen) atoms. The minimum Gasteiger partial charge on any atom is -0.462 e. The highest BCUT2D eigenvalue weighted by Gasteiger charge is 2.19. The number of carbonyl (C=O) groups excluding carboxylic acids is 3. The maximum atomic E-state index is 12.7. The van der Waals surface area contributed by atoms with Crippen LogP contribution in [-0.4, -0.2) is 37.2 Å². The van der Waals surface area contributed by atoms with E-state index in [0.717, 1.165) is 103 Å². The van der Waals surface area contributed by atoms with Gasteiger partial charge in [-0.2, -0.15) is 0 Å². The normalized spacial score (nSPS) is 12.5. The first kappa shape index (κ1) is 56.1. The molecule has 6 nitrogen and oxygen atoms in total. The fraction of sp³-hybridized carbons (Fsp3) is 0.755. The average molecular weight is 825 g/mol. The van der Waals surface area contributed by atoms with Crippen LogP contribution in [0.1, 0.15) is 239 Å². The number of hydrogen-bond acceptors (Lipinski definition) is 6. The maximum absolute atomic E-state index is 12.7. The zero-order valence-corrected chi connectivity index (χ0v) is 38.8. The van der Waals surface area contributed by atoms with Crippen molar-refractivity contribution in [2.24, 2.45) is 0 Å². The van der Waals surface area contributed by atoms with E-state index in [1.807, 2.05) is 0 Å². The van der Waals surface area contributed by atoms with E-state index in [4.69, 9.17) is 14.2 Å². The lowest BCUT2D eigenvalue weighted by atomic mass is 10.1. The highest BCUT2D eigenvalue weighted by molar-refractivity contribution is 5.71. The molecule has 0 aromatic carbocycles. The molecule has 0 aromatic heterocycles. The Morgan fingerprint density at radius 3 is 1.07 bits per heavy atom. The van der Waals surface area contributed by atoms with Gasteiger partial charge in [-0.25, -0.2) is 0 Å². The van der Waals surface area contributed by atoms with E-state index in [9.17, 15) is 14.4 Å². The van der Waals surface area contributed by atoms with Crippen LogP contribution in [0.2, 0.25) is 0 Å². The van der Waals surface area contributed by atoms with E-state index in [1.54, 1.807) is 0 Å². The molecule has 0 rings (SSSR count). The molecule has 0 aromatic rings. The highest BCUT2D eigenvalue weighted by atomic mass is 16.6. The van der Waals surface area contributed by atoms with Crippen LogP contribution in [0.25, 0.3) is 0 Å². The Balaban J connectivity index is 4.25. The third-order valence-corrected chi connectivity index (χ3v) is 10.5. The van der Waals surface area contributed by atoms with Gasteiger partial charge in [0.1, 0.15) is 13.2 Å². The summed E-state index contributed by atoms with van der Waals surface area (Å²) in [5.74, 6) is -0.902. The molecule has 0 bridgehead atoms. The van der Waals surface area contributed by atoms with Crippen LogP contribution in [0.3, 0.4) is 0 Å². The monoisotopic (exact) mass is 825 g/mol. The fourth-order valence-electron chi connectivity index (χ4n) is 6.78. The molecule has 1 atom stereocenters. The Kier molecular flexibility index (Phi) is 45.4. The van der Waals surface area contributed by atoms with Crippen LogP contribution in [0.4, 0.5) is 0 Å². The van der Waals surface area contributed by atoms with E-state index in [1.165, 1.54) is 96.3 Å². The SMILES string of the molecule is CC/C=C\C/C=C\C/C=C\C/C=C\CCCCCCCCCCC(=O)OCC(COC(=O)CCCCCCCCC)OC(=O)CCCCCCC/C=C\CCCCCC. The lowest BCUT2D eigenvalue weighted by Crippen LogP contribution is -2.30. The van der Waals surface area contributed by atoms with Crippen molar-refractivity contribution in [3.8, 4) is 0 Å². The summed E-state index contributed by atoms with van der Waals surface area (Å²) in [4.78, 5) is 37.7. The van der Waals surface area contributed by atoms with Gasteiger partial charge in [0.15, 0.2) is 6.10 Å². The van der Waals surface area contributed by atoms with E-state index in [0.29, 0.717) is 19.3 Å². The third kappa shape index (κ3) is 46.0. The zero-order valence-electron chi connectivity index (χ0n) is 38.8. The Hall–Kier alpha value is -2.89. The van der Waals surface area contributed by atoms with Gasteiger partial charge in [0, 0.05) is 19.3 Å². The second kappa shape index (κ2) is 47.8. The van der Waals surface area contributed by atoms with Crippen LogP contribution in [0.5, 0.6) is 0 Å². The standard InChI is InChI=1S/C53H92O6/c1-4-7-10-13-16-18-20-22-23-24-25-26-27-28-29-31-32-34-37-40-43-46-52(55)58-49-50(48-57-51(54)45-42-39-36-15-12-9-6-3)59-53(56)47-44-41-38-35-33-30-21-19-17-14-11-8-5-2/h7,10,16,18-19,21-23,25-26,50H,4-6,8-9,11-15,17,20,24,27-49H2,1-3H3/b10-7-,18-16-,21-19-,23-22-,26-25-. The first-order valence-corrected chi connectivity index (χ1v) is 24.8. The molecule has 0 saturated carbocycles. The predicted molar refractivity (Wildman–Crippen MR) is 251 cm³/mol. The molecule has 340 valence electrons. The minimum atomic E-state index is -0.777. The number of hydrogen-bond donors (Lipinski definition) is 0. The summed E-state index contributed by atoms with van der Waals surface area (Å²) in [7, 11) is 0. The summed E-state index contributed by atoms with van der Waals surface area (Å²) in [6, 6.07) is 0. The van der Waals surface area contributed by atoms with Crippen LogP contribution >= 0.6 is 0 Å². The second-order valence-electron chi connectivity index (χ2n) is 16.3. The van der Waals surface area contributed by atoms with E-state index < -0.39 is 6.10 Å². The number of ether oxygens (including phenoxy) is 3. The largest absolute Gasteiger partial charge is 0.462 e. The van der Waals surface area contributed by atoms with Crippen molar-refractivity contribution in [2.75, 3.05) is 13.2 Å². The minimum absolute atomic E-state index is 0.0794. The van der Waals surface area contributed by atoms with Crippen LogP contribution in [0, 0.1) is 0 Å². The van der Waals surface area contributed by atoms with Gasteiger partial charge in [-0.3, -0.25) is 14.4 Å². The van der Waals surface area contributed by atoms with Crippen molar-refractivity contribution < 1.29 is 28.6 Å². The van der Waals surface area contributed by atoms with E-state index in [2.05, 4.69) is 81.5 Å². The lowest BCUT2D eigenvalue weighted by Gasteiger charge is -2.18. The molecule has 0 heterocycles. The summed E-state index contributed by atoms with van der Waals surface area (Å²) in [6.45, 7) is 6.45. The Bertz CT molecular complexity index is 1090. The molecule has 0 radical (unpaired) electrons.